The van der Waals surface area contributed by atoms with Gasteiger partial charge in [-0.05, 0) is 32.9 Å². The van der Waals surface area contributed by atoms with Gasteiger partial charge in [0.1, 0.15) is 0 Å². The van der Waals surface area contributed by atoms with E-state index >= 15 is 0 Å². The van der Waals surface area contributed by atoms with Gasteiger partial charge < -0.3 is 15.2 Å². The lowest BCUT2D eigenvalue weighted by Gasteiger charge is -2.15. The number of hydrogen-bond acceptors (Lipinski definition) is 3. The molecular formula is C11H20N4. The molecule has 1 aliphatic heterocycles. The van der Waals surface area contributed by atoms with Gasteiger partial charge in [0, 0.05) is 25.3 Å². The molecular weight excluding hydrogens is 188 g/mol. The van der Waals surface area contributed by atoms with Crippen molar-refractivity contribution in [3.05, 3.63) is 18.2 Å². The first-order valence-corrected chi connectivity index (χ1v) is 5.61. The highest BCUT2D eigenvalue weighted by Gasteiger charge is 2.20. The van der Waals surface area contributed by atoms with Crippen LogP contribution in [0.5, 0.6) is 0 Å². The Morgan fingerprint density at radius 3 is 3.07 bits per heavy atom. The molecule has 0 bridgehead atoms. The molecule has 0 amide bonds. The van der Waals surface area contributed by atoms with Crippen LogP contribution in [0.25, 0.3) is 0 Å². The highest BCUT2D eigenvalue weighted by atomic mass is 15.1. The van der Waals surface area contributed by atoms with Gasteiger partial charge in [0.05, 0.1) is 12.0 Å². The molecule has 1 aromatic heterocycles. The Morgan fingerprint density at radius 1 is 1.67 bits per heavy atom. The molecule has 1 aromatic rings. The van der Waals surface area contributed by atoms with Gasteiger partial charge in [-0.25, -0.2) is 4.98 Å². The maximum atomic E-state index is 5.89. The Kier molecular flexibility index (Phi) is 3.07. The zero-order valence-corrected chi connectivity index (χ0v) is 9.56. The summed E-state index contributed by atoms with van der Waals surface area (Å²) in [5.74, 6) is 0.752. The van der Waals surface area contributed by atoms with Crippen LogP contribution in [0.4, 0.5) is 0 Å². The van der Waals surface area contributed by atoms with Crippen LogP contribution in [0.2, 0.25) is 0 Å². The molecule has 2 heterocycles. The quantitative estimate of drug-likeness (QED) is 0.801. The van der Waals surface area contributed by atoms with Gasteiger partial charge in [0.2, 0.25) is 0 Å². The standard InChI is InChI=1S/C11H20N4/c1-9(12)11-5-13-8-15(11)7-10-3-4-14(2)6-10/h5,8-10H,3-4,6-7,12H2,1-2H3/t9-,10?/m1/s1. The van der Waals surface area contributed by atoms with E-state index in [0.717, 1.165) is 18.2 Å². The monoisotopic (exact) mass is 208 g/mol. The molecule has 4 nitrogen and oxygen atoms in total. The van der Waals surface area contributed by atoms with E-state index in [1.807, 2.05) is 19.4 Å². The predicted octanol–water partition coefficient (Wildman–Crippen LogP) is 0.855. The molecule has 15 heavy (non-hydrogen) atoms. The maximum Gasteiger partial charge on any atom is 0.0948 e. The Balaban J connectivity index is 2.01. The topological polar surface area (TPSA) is 47.1 Å². The lowest BCUT2D eigenvalue weighted by Crippen LogP contribution is -2.19. The number of nitrogens with zero attached hydrogens (tertiary/aromatic N) is 3. The minimum absolute atomic E-state index is 0.0756. The van der Waals surface area contributed by atoms with Crippen LogP contribution in [-0.4, -0.2) is 34.6 Å². The summed E-state index contributed by atoms with van der Waals surface area (Å²) < 4.78 is 2.20. The third kappa shape index (κ3) is 2.38. The number of aromatic nitrogens is 2. The van der Waals surface area contributed by atoms with E-state index in [4.69, 9.17) is 5.73 Å². The molecule has 2 N–H and O–H groups in total. The van der Waals surface area contributed by atoms with Crippen LogP contribution in [0.3, 0.4) is 0 Å². The first-order valence-electron chi connectivity index (χ1n) is 5.61. The summed E-state index contributed by atoms with van der Waals surface area (Å²) >= 11 is 0. The molecule has 2 rings (SSSR count). The molecule has 0 radical (unpaired) electrons. The summed E-state index contributed by atoms with van der Waals surface area (Å²) in [5, 5.41) is 0. The smallest absolute Gasteiger partial charge is 0.0948 e. The van der Waals surface area contributed by atoms with Crippen molar-refractivity contribution >= 4 is 0 Å². The van der Waals surface area contributed by atoms with E-state index in [1.165, 1.54) is 19.5 Å². The van der Waals surface area contributed by atoms with Crippen molar-refractivity contribution in [1.29, 1.82) is 0 Å². The van der Waals surface area contributed by atoms with E-state index in [2.05, 4.69) is 21.5 Å². The van der Waals surface area contributed by atoms with Crippen molar-refractivity contribution < 1.29 is 0 Å². The van der Waals surface area contributed by atoms with E-state index in [0.29, 0.717) is 0 Å². The molecule has 1 saturated heterocycles. The van der Waals surface area contributed by atoms with Gasteiger partial charge >= 0.3 is 0 Å². The fraction of sp³-hybridized carbons (Fsp3) is 0.727. The minimum Gasteiger partial charge on any atom is -0.333 e. The molecule has 0 saturated carbocycles. The molecule has 84 valence electrons. The van der Waals surface area contributed by atoms with Crippen molar-refractivity contribution in [3.8, 4) is 0 Å². The largest absolute Gasteiger partial charge is 0.333 e. The second-order valence-electron chi connectivity index (χ2n) is 4.68. The van der Waals surface area contributed by atoms with Crippen LogP contribution in [0.15, 0.2) is 12.5 Å². The highest BCUT2D eigenvalue weighted by Crippen LogP contribution is 2.18. The van der Waals surface area contributed by atoms with Gasteiger partial charge in [0.25, 0.3) is 0 Å². The SMILES string of the molecule is C[C@@H](N)c1cncn1CC1CCN(C)C1. The third-order valence-corrected chi connectivity index (χ3v) is 3.15. The predicted molar refractivity (Wildman–Crippen MR) is 60.4 cm³/mol. The van der Waals surface area contributed by atoms with E-state index in [-0.39, 0.29) is 6.04 Å². The zero-order chi connectivity index (χ0) is 10.8. The van der Waals surface area contributed by atoms with Crippen LogP contribution in [-0.2, 0) is 6.54 Å². The third-order valence-electron chi connectivity index (χ3n) is 3.15. The van der Waals surface area contributed by atoms with Crippen molar-refractivity contribution in [2.24, 2.45) is 11.7 Å². The first kappa shape index (κ1) is 10.6. The summed E-state index contributed by atoms with van der Waals surface area (Å²) in [7, 11) is 2.18. The molecule has 1 fully saturated rings. The summed E-state index contributed by atoms with van der Waals surface area (Å²) in [6.45, 7) is 5.47. The number of rotatable bonds is 3. The summed E-state index contributed by atoms with van der Waals surface area (Å²) in [5.41, 5.74) is 7.03. The van der Waals surface area contributed by atoms with Crippen LogP contribution in [0, 0.1) is 5.92 Å². The van der Waals surface area contributed by atoms with Gasteiger partial charge in [-0.15, -0.1) is 0 Å². The van der Waals surface area contributed by atoms with E-state index in [9.17, 15) is 0 Å². The second kappa shape index (κ2) is 4.33. The highest BCUT2D eigenvalue weighted by molar-refractivity contribution is 5.03. The molecule has 0 aromatic carbocycles. The van der Waals surface area contributed by atoms with Gasteiger partial charge in [0.15, 0.2) is 0 Å². The normalized spacial score (nSPS) is 24.6. The van der Waals surface area contributed by atoms with Gasteiger partial charge in [-0.2, -0.15) is 0 Å². The summed E-state index contributed by atoms with van der Waals surface area (Å²) in [4.78, 5) is 6.56. The summed E-state index contributed by atoms with van der Waals surface area (Å²) in [6, 6.07) is 0.0756. The van der Waals surface area contributed by atoms with Crippen molar-refractivity contribution in [2.75, 3.05) is 20.1 Å². The van der Waals surface area contributed by atoms with Crippen molar-refractivity contribution in [2.45, 2.75) is 25.9 Å². The molecule has 1 unspecified atom stereocenters. The van der Waals surface area contributed by atoms with E-state index in [1.54, 1.807) is 0 Å². The number of nitrogens with two attached hydrogens (primary N) is 1. The number of imidazole rings is 1. The van der Waals surface area contributed by atoms with E-state index < -0.39 is 0 Å². The molecule has 4 heteroatoms. The number of likely N-dealkylation sites (tertiary alicyclic amines) is 1. The maximum absolute atomic E-state index is 5.89. The molecule has 1 aliphatic rings. The molecule has 0 aliphatic carbocycles. The fourth-order valence-electron chi connectivity index (χ4n) is 2.32. The van der Waals surface area contributed by atoms with Crippen molar-refractivity contribution in [1.82, 2.24) is 14.5 Å². The summed E-state index contributed by atoms with van der Waals surface area (Å²) in [6.07, 6.45) is 5.06. The lowest BCUT2D eigenvalue weighted by molar-refractivity contribution is 0.375. The lowest BCUT2D eigenvalue weighted by atomic mass is 10.1. The molecule has 0 spiro atoms. The van der Waals surface area contributed by atoms with Crippen molar-refractivity contribution in [3.63, 3.8) is 0 Å². The minimum atomic E-state index is 0.0756. The van der Waals surface area contributed by atoms with Crippen LogP contribution >= 0.6 is 0 Å². The Labute approximate surface area is 91.1 Å². The Morgan fingerprint density at radius 2 is 2.47 bits per heavy atom. The number of hydrogen-bond donors (Lipinski definition) is 1. The molecule has 2 atom stereocenters. The second-order valence-corrected chi connectivity index (χ2v) is 4.68. The first-order chi connectivity index (χ1) is 7.16. The van der Waals surface area contributed by atoms with Crippen LogP contribution in [0.1, 0.15) is 25.1 Å². The van der Waals surface area contributed by atoms with Gasteiger partial charge in [-0.1, -0.05) is 0 Å². The van der Waals surface area contributed by atoms with Gasteiger partial charge in [-0.3, -0.25) is 0 Å². The zero-order valence-electron chi connectivity index (χ0n) is 9.56. The Hall–Kier alpha value is -0.870. The van der Waals surface area contributed by atoms with Crippen LogP contribution < -0.4 is 5.73 Å². The fourth-order valence-corrected chi connectivity index (χ4v) is 2.32. The average Bonchev–Trinajstić information content (AvgIpc) is 2.75. The average molecular weight is 208 g/mol. The Bertz CT molecular complexity index is 318.